The van der Waals surface area contributed by atoms with Gasteiger partial charge in [-0.2, -0.15) is 0 Å². The topological polar surface area (TPSA) is 41.1 Å². The number of nitrogens with one attached hydrogen (secondary N) is 2. The molecule has 0 radical (unpaired) electrons. The Balaban J connectivity index is 0.00000208. The summed E-state index contributed by atoms with van der Waals surface area (Å²) in [4.78, 5) is 12.5. The fourth-order valence-electron chi connectivity index (χ4n) is 4.06. The summed E-state index contributed by atoms with van der Waals surface area (Å²) in [7, 11) is 0. The second-order valence-corrected chi connectivity index (χ2v) is 7.49. The molecule has 134 valence electrons. The first-order valence-corrected chi connectivity index (χ1v) is 9.25. The Morgan fingerprint density at radius 3 is 2.33 bits per heavy atom. The van der Waals surface area contributed by atoms with E-state index in [-0.39, 0.29) is 29.6 Å². The van der Waals surface area contributed by atoms with Gasteiger partial charge in [0.15, 0.2) is 0 Å². The van der Waals surface area contributed by atoms with E-state index in [1.165, 1.54) is 44.1 Å². The van der Waals surface area contributed by atoms with Crippen molar-refractivity contribution in [3.8, 4) is 0 Å². The molecule has 2 aliphatic rings. The van der Waals surface area contributed by atoms with Gasteiger partial charge in [0, 0.05) is 17.9 Å². The van der Waals surface area contributed by atoms with Gasteiger partial charge in [0.2, 0.25) is 5.91 Å². The van der Waals surface area contributed by atoms with E-state index in [2.05, 4.69) is 47.9 Å². The van der Waals surface area contributed by atoms with Crippen molar-refractivity contribution in [3.05, 3.63) is 35.9 Å². The Kier molecular flexibility index (Phi) is 7.12. The molecule has 4 heteroatoms. The fourth-order valence-corrected chi connectivity index (χ4v) is 4.06. The van der Waals surface area contributed by atoms with E-state index in [1.54, 1.807) is 0 Å². The molecule has 1 aromatic rings. The molecule has 1 heterocycles. The lowest BCUT2D eigenvalue weighted by Crippen LogP contribution is -2.51. The highest BCUT2D eigenvalue weighted by Crippen LogP contribution is 2.38. The molecule has 3 nitrogen and oxygen atoms in total. The van der Waals surface area contributed by atoms with Crippen molar-refractivity contribution in [1.82, 2.24) is 10.6 Å². The average molecular weight is 351 g/mol. The fraction of sp³-hybridized carbons (Fsp3) is 0.650. The second-order valence-electron chi connectivity index (χ2n) is 7.49. The minimum absolute atomic E-state index is 0. The van der Waals surface area contributed by atoms with Crippen molar-refractivity contribution in [2.75, 3.05) is 19.6 Å². The lowest BCUT2D eigenvalue weighted by atomic mass is 9.74. The van der Waals surface area contributed by atoms with Crippen LogP contribution in [-0.4, -0.2) is 25.5 Å². The summed E-state index contributed by atoms with van der Waals surface area (Å²) in [6.45, 7) is 4.83. The highest BCUT2D eigenvalue weighted by molar-refractivity contribution is 5.85. The molecule has 1 atom stereocenters. The molecule has 3 rings (SSSR count). The highest BCUT2D eigenvalue weighted by atomic mass is 35.5. The molecular weight excluding hydrogens is 320 g/mol. The predicted octanol–water partition coefficient (Wildman–Crippen LogP) is 3.67. The number of benzene rings is 1. The van der Waals surface area contributed by atoms with Gasteiger partial charge >= 0.3 is 0 Å². The average Bonchev–Trinajstić information content (AvgIpc) is 2.78. The van der Waals surface area contributed by atoms with Gasteiger partial charge in [0.25, 0.3) is 0 Å². The molecule has 1 aliphatic heterocycles. The molecule has 1 aliphatic carbocycles. The molecule has 1 aromatic carbocycles. The maximum absolute atomic E-state index is 12.5. The zero-order valence-electron chi connectivity index (χ0n) is 14.7. The van der Waals surface area contributed by atoms with Crippen molar-refractivity contribution in [2.45, 2.75) is 50.9 Å². The van der Waals surface area contributed by atoms with Gasteiger partial charge in [-0.05, 0) is 37.4 Å². The number of hydrogen-bond donors (Lipinski definition) is 2. The summed E-state index contributed by atoms with van der Waals surface area (Å²) in [6, 6.07) is 10.8. The largest absolute Gasteiger partial charge is 0.355 e. The molecule has 2 fully saturated rings. The summed E-state index contributed by atoms with van der Waals surface area (Å²) in [6.07, 6.45) is 7.58. The molecule has 1 unspecified atom stereocenters. The van der Waals surface area contributed by atoms with Gasteiger partial charge in [-0.3, -0.25) is 4.79 Å². The Morgan fingerprint density at radius 2 is 1.79 bits per heavy atom. The van der Waals surface area contributed by atoms with Crippen molar-refractivity contribution in [1.29, 1.82) is 0 Å². The number of halogens is 1. The Morgan fingerprint density at radius 1 is 1.17 bits per heavy atom. The van der Waals surface area contributed by atoms with Gasteiger partial charge < -0.3 is 10.6 Å². The van der Waals surface area contributed by atoms with E-state index in [9.17, 15) is 4.79 Å². The number of rotatable bonds is 5. The van der Waals surface area contributed by atoms with Crippen LogP contribution in [0.4, 0.5) is 0 Å². The van der Waals surface area contributed by atoms with Crippen LogP contribution in [0.1, 0.15) is 51.0 Å². The van der Waals surface area contributed by atoms with Gasteiger partial charge in [-0.15, -0.1) is 12.4 Å². The molecule has 24 heavy (non-hydrogen) atoms. The van der Waals surface area contributed by atoms with Gasteiger partial charge in [0.1, 0.15) is 0 Å². The Hall–Kier alpha value is -1.06. The maximum atomic E-state index is 12.5. The van der Waals surface area contributed by atoms with Crippen LogP contribution in [0.5, 0.6) is 0 Å². The van der Waals surface area contributed by atoms with E-state index in [1.807, 2.05) is 0 Å². The first-order valence-electron chi connectivity index (χ1n) is 9.25. The van der Waals surface area contributed by atoms with Crippen LogP contribution in [-0.2, 0) is 10.2 Å². The SMILES string of the molecule is CC(C(=O)NCC1(c2ccccc2)CCCCCC1)C1CNC1.Cl. The van der Waals surface area contributed by atoms with Crippen LogP contribution in [0.2, 0.25) is 0 Å². The van der Waals surface area contributed by atoms with Gasteiger partial charge in [0.05, 0.1) is 0 Å². The summed E-state index contributed by atoms with van der Waals surface area (Å²) in [5.41, 5.74) is 1.53. The van der Waals surface area contributed by atoms with Crippen LogP contribution >= 0.6 is 12.4 Å². The molecule has 2 N–H and O–H groups in total. The monoisotopic (exact) mass is 350 g/mol. The van der Waals surface area contributed by atoms with Crippen LogP contribution < -0.4 is 10.6 Å². The number of amides is 1. The number of hydrogen-bond acceptors (Lipinski definition) is 2. The minimum Gasteiger partial charge on any atom is -0.355 e. The van der Waals surface area contributed by atoms with Crippen LogP contribution in [0, 0.1) is 11.8 Å². The Bertz CT molecular complexity index is 508. The van der Waals surface area contributed by atoms with Gasteiger partial charge in [-0.1, -0.05) is 62.9 Å². The van der Waals surface area contributed by atoms with E-state index in [0.29, 0.717) is 5.92 Å². The van der Waals surface area contributed by atoms with E-state index >= 15 is 0 Å². The molecule has 1 saturated carbocycles. The lowest BCUT2D eigenvalue weighted by Gasteiger charge is -2.36. The molecule has 1 amide bonds. The maximum Gasteiger partial charge on any atom is 0.223 e. The zero-order chi connectivity index (χ0) is 16.1. The molecule has 0 aromatic heterocycles. The second kappa shape index (κ2) is 8.87. The normalized spacial score (nSPS) is 21.7. The van der Waals surface area contributed by atoms with Crippen molar-refractivity contribution in [3.63, 3.8) is 0 Å². The quantitative estimate of drug-likeness (QED) is 0.795. The van der Waals surface area contributed by atoms with Crippen LogP contribution in [0.15, 0.2) is 30.3 Å². The minimum atomic E-state index is 0. The summed E-state index contributed by atoms with van der Waals surface area (Å²) in [5.74, 6) is 0.864. The van der Waals surface area contributed by atoms with Crippen molar-refractivity contribution < 1.29 is 4.79 Å². The Labute approximate surface area is 152 Å². The molecule has 0 spiro atoms. The van der Waals surface area contributed by atoms with Gasteiger partial charge in [-0.25, -0.2) is 0 Å². The lowest BCUT2D eigenvalue weighted by molar-refractivity contribution is -0.127. The number of carbonyl (C=O) groups is 1. The predicted molar refractivity (Wildman–Crippen MR) is 102 cm³/mol. The van der Waals surface area contributed by atoms with E-state index in [4.69, 9.17) is 0 Å². The van der Waals surface area contributed by atoms with Crippen molar-refractivity contribution >= 4 is 18.3 Å². The van der Waals surface area contributed by atoms with E-state index < -0.39 is 0 Å². The summed E-state index contributed by atoms with van der Waals surface area (Å²) >= 11 is 0. The van der Waals surface area contributed by atoms with Crippen LogP contribution in [0.3, 0.4) is 0 Å². The number of carbonyl (C=O) groups excluding carboxylic acids is 1. The first kappa shape index (κ1) is 19.3. The third-order valence-electron chi connectivity index (χ3n) is 5.98. The van der Waals surface area contributed by atoms with Crippen LogP contribution in [0.25, 0.3) is 0 Å². The summed E-state index contributed by atoms with van der Waals surface area (Å²) < 4.78 is 0. The third kappa shape index (κ3) is 4.31. The standard InChI is InChI=1S/C20H30N2O.ClH/c1-16(17-13-21-14-17)19(23)22-15-20(11-7-2-3-8-12-20)18-9-5-4-6-10-18;/h4-6,9-10,16-17,21H,2-3,7-8,11-15H2,1H3,(H,22,23);1H. The smallest absolute Gasteiger partial charge is 0.223 e. The molecule has 0 bridgehead atoms. The van der Waals surface area contributed by atoms with E-state index in [0.717, 1.165) is 19.6 Å². The zero-order valence-corrected chi connectivity index (χ0v) is 15.5. The summed E-state index contributed by atoms with van der Waals surface area (Å²) in [5, 5.41) is 6.57. The first-order chi connectivity index (χ1) is 11.2. The highest BCUT2D eigenvalue weighted by Gasteiger charge is 2.35. The molecular formula is C20H31ClN2O. The molecule has 1 saturated heterocycles. The van der Waals surface area contributed by atoms with Crippen molar-refractivity contribution in [2.24, 2.45) is 11.8 Å². The third-order valence-corrected chi connectivity index (χ3v) is 5.98.